The van der Waals surface area contributed by atoms with Gasteiger partial charge in [0.2, 0.25) is 11.8 Å². The summed E-state index contributed by atoms with van der Waals surface area (Å²) < 4.78 is 19.5. The monoisotopic (exact) mass is 660 g/mol. The number of carbonyl (C=O) groups is 4. The van der Waals surface area contributed by atoms with Crippen LogP contribution in [0.15, 0.2) is 85.0 Å². The van der Waals surface area contributed by atoms with Crippen LogP contribution in [0.2, 0.25) is 0 Å². The van der Waals surface area contributed by atoms with Gasteiger partial charge in [0.15, 0.2) is 9.75 Å². The average Bonchev–Trinajstić information content (AvgIpc) is 3.39. The lowest BCUT2D eigenvalue weighted by atomic mass is 9.56. The number of carbonyl (C=O) groups excluding carboxylic acids is 4. The van der Waals surface area contributed by atoms with Crippen molar-refractivity contribution in [3.05, 3.63) is 102 Å². The van der Waals surface area contributed by atoms with Crippen molar-refractivity contribution in [3.63, 3.8) is 0 Å². The Bertz CT molecular complexity index is 1880. The number of hydrogen-bond acceptors (Lipinski definition) is 6. The third-order valence-electron chi connectivity index (χ3n) is 9.83. The Morgan fingerprint density at radius 1 is 0.913 bits per heavy atom. The predicted octanol–water partition coefficient (Wildman–Crippen LogP) is 5.95. The fourth-order valence-electron chi connectivity index (χ4n) is 7.73. The minimum absolute atomic E-state index is 0.0601. The summed E-state index contributed by atoms with van der Waals surface area (Å²) in [5, 5.41) is 11.3. The van der Waals surface area contributed by atoms with Crippen LogP contribution in [0, 0.1) is 23.6 Å². The molecule has 0 aromatic heterocycles. The van der Waals surface area contributed by atoms with Crippen molar-refractivity contribution in [3.8, 4) is 11.5 Å². The van der Waals surface area contributed by atoms with E-state index in [0.717, 1.165) is 27.5 Å². The third-order valence-corrected chi connectivity index (χ3v) is 11.2. The van der Waals surface area contributed by atoms with E-state index in [1.54, 1.807) is 48.6 Å². The zero-order chi connectivity index (χ0) is 32.7. The van der Waals surface area contributed by atoms with E-state index < -0.39 is 57.0 Å². The fourth-order valence-corrected chi connectivity index (χ4v) is 8.65. The molecule has 3 fully saturated rings. The van der Waals surface area contributed by atoms with Gasteiger partial charge in [0.25, 0.3) is 11.8 Å². The lowest BCUT2D eigenvalue weighted by Gasteiger charge is -2.50. The van der Waals surface area contributed by atoms with E-state index in [0.29, 0.717) is 11.3 Å². The third kappa shape index (κ3) is 3.91. The second-order valence-electron chi connectivity index (χ2n) is 12.0. The van der Waals surface area contributed by atoms with Gasteiger partial charge in [-0.1, -0.05) is 42.5 Å². The molecule has 3 aromatic rings. The van der Waals surface area contributed by atoms with Crippen LogP contribution < -0.4 is 14.5 Å². The van der Waals surface area contributed by atoms with E-state index in [1.165, 1.54) is 25.3 Å². The van der Waals surface area contributed by atoms with Crippen LogP contribution in [0.1, 0.15) is 29.9 Å². The maximum absolute atomic E-state index is 14.5. The summed E-state index contributed by atoms with van der Waals surface area (Å²) in [5.41, 5.74) is 1.89. The highest BCUT2D eigenvalue weighted by atomic mass is 35.5. The molecule has 0 spiro atoms. The van der Waals surface area contributed by atoms with E-state index >= 15 is 0 Å². The first-order valence-electron chi connectivity index (χ1n) is 14.7. The molecular formula is C35H27Cl2FN2O6. The number of hydrogen-bond donors (Lipinski definition) is 1. The number of halogens is 3. The van der Waals surface area contributed by atoms with Gasteiger partial charge >= 0.3 is 0 Å². The number of ether oxygens (including phenoxy) is 1. The Labute approximate surface area is 273 Å². The first-order valence-corrected chi connectivity index (χ1v) is 15.4. The van der Waals surface area contributed by atoms with E-state index in [1.807, 2.05) is 0 Å². The second-order valence-corrected chi connectivity index (χ2v) is 13.2. The Morgan fingerprint density at radius 3 is 2.22 bits per heavy atom. The number of methoxy groups -OCH3 is 1. The number of amides is 4. The highest BCUT2D eigenvalue weighted by Crippen LogP contribution is 2.67. The standard InChI is InChI=1S/C35H27Cl2FN2O6/c1-3-18-7-11-20(12-8-18)39-30(42)23-16-15-22-24(27(23)31(39)43)17-34(36)32(44)40(21-13-9-19(38)10-14-21)33(45)35(34,37)29(22)28-25(41)5-4-6-26(28)46-2/h3-15,23-24,27,29,41H,1,16-17H2,2H3. The van der Waals surface area contributed by atoms with Crippen molar-refractivity contribution >= 4 is 64.3 Å². The summed E-state index contributed by atoms with van der Waals surface area (Å²) in [6.45, 7) is 3.75. The van der Waals surface area contributed by atoms with Gasteiger partial charge in [-0.2, -0.15) is 0 Å². The van der Waals surface area contributed by atoms with Gasteiger partial charge in [-0.15, -0.1) is 23.2 Å². The summed E-state index contributed by atoms with van der Waals surface area (Å²) in [5.74, 6) is -6.95. The fraction of sp³-hybridized carbons (Fsp3) is 0.257. The first kappa shape index (κ1) is 30.2. The minimum Gasteiger partial charge on any atom is -0.508 e. The smallest absolute Gasteiger partial charge is 0.258 e. The summed E-state index contributed by atoms with van der Waals surface area (Å²) in [6, 6.07) is 16.1. The number of rotatable bonds is 5. The molecule has 0 bridgehead atoms. The SMILES string of the molecule is C=Cc1ccc(N2C(=O)C3CC=C4C(CC5(Cl)C(=O)N(c6ccc(F)cc6)C(=O)C5(Cl)C4c4c(O)cccc4OC)C3C2=O)cc1. The summed E-state index contributed by atoms with van der Waals surface area (Å²) in [6.07, 6.45) is 3.33. The molecule has 234 valence electrons. The van der Waals surface area contributed by atoms with Crippen LogP contribution in [-0.4, -0.2) is 45.6 Å². The van der Waals surface area contributed by atoms with Crippen molar-refractivity contribution in [2.45, 2.75) is 28.5 Å². The average molecular weight is 662 g/mol. The summed E-state index contributed by atoms with van der Waals surface area (Å²) in [4.78, 5) is 54.5. The number of benzene rings is 3. The van der Waals surface area contributed by atoms with Gasteiger partial charge < -0.3 is 9.84 Å². The lowest BCUT2D eigenvalue weighted by Crippen LogP contribution is -2.60. The van der Waals surface area contributed by atoms with Crippen LogP contribution in [-0.2, 0) is 19.2 Å². The molecule has 6 atom stereocenters. The molecule has 2 saturated heterocycles. The second kappa shape index (κ2) is 10.5. The first-order chi connectivity index (χ1) is 22.0. The maximum Gasteiger partial charge on any atom is 0.258 e. The highest BCUT2D eigenvalue weighted by Gasteiger charge is 2.77. The van der Waals surface area contributed by atoms with E-state index in [2.05, 4.69) is 6.58 Å². The molecular weight excluding hydrogens is 634 g/mol. The Balaban J connectivity index is 1.41. The van der Waals surface area contributed by atoms with Crippen molar-refractivity contribution in [1.82, 2.24) is 0 Å². The molecule has 3 aromatic carbocycles. The number of anilines is 2. The molecule has 2 aliphatic carbocycles. The number of phenolic OH excluding ortho intramolecular Hbond substituents is 1. The van der Waals surface area contributed by atoms with Crippen molar-refractivity contribution in [1.29, 1.82) is 0 Å². The number of aromatic hydroxyl groups is 1. The number of phenols is 1. The number of alkyl halides is 2. The molecule has 46 heavy (non-hydrogen) atoms. The number of fused-ring (bicyclic) bond motifs is 4. The lowest BCUT2D eigenvalue weighted by molar-refractivity contribution is -0.125. The Hall–Kier alpha value is -4.47. The van der Waals surface area contributed by atoms with Gasteiger partial charge in [0.1, 0.15) is 17.3 Å². The van der Waals surface area contributed by atoms with E-state index in [9.17, 15) is 28.7 Å². The predicted molar refractivity (Wildman–Crippen MR) is 170 cm³/mol. The van der Waals surface area contributed by atoms with Gasteiger partial charge in [0, 0.05) is 11.5 Å². The Kier molecular flexibility index (Phi) is 6.92. The molecule has 4 aliphatic rings. The van der Waals surface area contributed by atoms with Crippen LogP contribution in [0.4, 0.5) is 15.8 Å². The van der Waals surface area contributed by atoms with Crippen molar-refractivity contribution < 1.29 is 33.4 Å². The number of allylic oxidation sites excluding steroid dienone is 2. The van der Waals surface area contributed by atoms with Gasteiger partial charge in [-0.25, -0.2) is 9.29 Å². The van der Waals surface area contributed by atoms with Crippen LogP contribution in [0.5, 0.6) is 11.5 Å². The number of nitrogens with zero attached hydrogens (tertiary/aromatic N) is 2. The number of imide groups is 2. The zero-order valence-corrected chi connectivity index (χ0v) is 26.0. The Morgan fingerprint density at radius 2 is 1.57 bits per heavy atom. The molecule has 2 heterocycles. The molecule has 7 rings (SSSR count). The summed E-state index contributed by atoms with van der Waals surface area (Å²) in [7, 11) is 1.39. The topological polar surface area (TPSA) is 104 Å². The van der Waals surface area contributed by atoms with Crippen molar-refractivity contribution in [2.75, 3.05) is 16.9 Å². The normalized spacial score (nSPS) is 30.1. The van der Waals surface area contributed by atoms with Gasteiger partial charge in [-0.05, 0) is 72.9 Å². The maximum atomic E-state index is 14.5. The molecule has 1 saturated carbocycles. The largest absolute Gasteiger partial charge is 0.508 e. The molecule has 2 aliphatic heterocycles. The van der Waals surface area contributed by atoms with E-state index in [4.69, 9.17) is 27.9 Å². The molecule has 1 N–H and O–H groups in total. The van der Waals surface area contributed by atoms with Crippen LogP contribution in [0.3, 0.4) is 0 Å². The van der Waals surface area contributed by atoms with Crippen LogP contribution >= 0.6 is 23.2 Å². The van der Waals surface area contributed by atoms with Gasteiger partial charge in [-0.3, -0.25) is 24.1 Å². The van der Waals surface area contributed by atoms with Crippen molar-refractivity contribution in [2.24, 2.45) is 17.8 Å². The van der Waals surface area contributed by atoms with E-state index in [-0.39, 0.29) is 41.5 Å². The molecule has 6 unspecified atom stereocenters. The molecule has 8 nitrogen and oxygen atoms in total. The minimum atomic E-state index is -2.20. The molecule has 11 heteroatoms. The highest BCUT2D eigenvalue weighted by molar-refractivity contribution is 6.58. The molecule has 4 amide bonds. The molecule has 0 radical (unpaired) electrons. The van der Waals surface area contributed by atoms with Gasteiger partial charge in [0.05, 0.1) is 30.3 Å². The zero-order valence-electron chi connectivity index (χ0n) is 24.5. The summed E-state index contributed by atoms with van der Waals surface area (Å²) >= 11 is 14.7. The van der Waals surface area contributed by atoms with Crippen LogP contribution in [0.25, 0.3) is 6.08 Å². The quantitative estimate of drug-likeness (QED) is 0.206.